The van der Waals surface area contributed by atoms with Gasteiger partial charge in [0.15, 0.2) is 0 Å². The van der Waals surface area contributed by atoms with E-state index in [0.29, 0.717) is 12.5 Å². The first-order valence-corrected chi connectivity index (χ1v) is 9.63. The Kier molecular flexibility index (Phi) is 4.69. The number of anilines is 1. The summed E-state index contributed by atoms with van der Waals surface area (Å²) in [7, 11) is 3.52. The molecule has 4 rings (SSSR count). The highest BCUT2D eigenvalue weighted by Crippen LogP contribution is 2.46. The molecule has 148 valence electrons. The van der Waals surface area contributed by atoms with E-state index in [1.807, 2.05) is 31.0 Å². The maximum atomic E-state index is 13.9. The van der Waals surface area contributed by atoms with E-state index >= 15 is 0 Å². The first kappa shape index (κ1) is 18.7. The lowest BCUT2D eigenvalue weighted by Gasteiger charge is -2.32. The zero-order valence-electron chi connectivity index (χ0n) is 16.8. The van der Waals surface area contributed by atoms with Gasteiger partial charge in [-0.1, -0.05) is 12.1 Å². The zero-order valence-corrected chi connectivity index (χ0v) is 16.8. The summed E-state index contributed by atoms with van der Waals surface area (Å²) in [6.45, 7) is 6.21. The average Bonchev–Trinajstić information content (AvgIpc) is 3.21. The van der Waals surface area contributed by atoms with Gasteiger partial charge in [0.1, 0.15) is 5.82 Å². The number of hydrogen-bond acceptors (Lipinski definition) is 4. The highest BCUT2D eigenvalue weighted by molar-refractivity contribution is 5.75. The largest absolute Gasteiger partial charge is 0.340 e. The van der Waals surface area contributed by atoms with Gasteiger partial charge in [0, 0.05) is 57.5 Å². The highest BCUT2D eigenvalue weighted by Gasteiger charge is 2.50. The van der Waals surface area contributed by atoms with Crippen LogP contribution >= 0.6 is 0 Å². The SMILES string of the molecule is Cc1cnc(N2C[C@@H]3CN(C(=O)N(C)C)[C@@H](c4cccc(F)c4)[C@@H]3C2)nc1C. The number of halogens is 1. The lowest BCUT2D eigenvalue weighted by molar-refractivity contribution is 0.159. The zero-order chi connectivity index (χ0) is 20.0. The van der Waals surface area contributed by atoms with Crippen LogP contribution in [0.25, 0.3) is 0 Å². The molecule has 0 bridgehead atoms. The lowest BCUT2D eigenvalue weighted by Crippen LogP contribution is -2.41. The minimum atomic E-state index is -0.273. The molecule has 1 aromatic carbocycles. The standard InChI is InChI=1S/C21H26FN5O/c1-13-9-23-20(24-14(13)2)26-10-16-11-27(21(28)25(3)4)19(18(16)12-26)15-6-5-7-17(22)8-15/h5-9,16,18-19H,10-12H2,1-4H3/t16-,18-,19+/m1/s1. The van der Waals surface area contributed by atoms with Crippen molar-refractivity contribution >= 4 is 12.0 Å². The Morgan fingerprint density at radius 3 is 2.68 bits per heavy atom. The van der Waals surface area contributed by atoms with Gasteiger partial charge in [0.05, 0.1) is 6.04 Å². The summed E-state index contributed by atoms with van der Waals surface area (Å²) < 4.78 is 13.9. The maximum absolute atomic E-state index is 13.9. The van der Waals surface area contributed by atoms with Gasteiger partial charge in [0.2, 0.25) is 5.95 Å². The van der Waals surface area contributed by atoms with Crippen LogP contribution in [0.3, 0.4) is 0 Å². The number of aryl methyl sites for hydroxylation is 2. The smallest absolute Gasteiger partial charge is 0.320 e. The van der Waals surface area contributed by atoms with Gasteiger partial charge >= 0.3 is 6.03 Å². The molecule has 7 heteroatoms. The molecule has 0 N–H and O–H groups in total. The van der Waals surface area contributed by atoms with E-state index in [9.17, 15) is 9.18 Å². The molecule has 28 heavy (non-hydrogen) atoms. The van der Waals surface area contributed by atoms with Crippen LogP contribution in [0.4, 0.5) is 15.1 Å². The quantitative estimate of drug-likeness (QED) is 0.800. The minimum absolute atomic E-state index is 0.0300. The Hall–Kier alpha value is -2.70. The van der Waals surface area contributed by atoms with E-state index in [4.69, 9.17) is 0 Å². The van der Waals surface area contributed by atoms with Gasteiger partial charge in [-0.2, -0.15) is 0 Å². The number of carbonyl (C=O) groups is 1. The van der Waals surface area contributed by atoms with E-state index in [0.717, 1.165) is 35.9 Å². The molecule has 2 aromatic rings. The number of urea groups is 1. The summed E-state index contributed by atoms with van der Waals surface area (Å²) in [5.41, 5.74) is 2.90. The number of likely N-dealkylation sites (tertiary alicyclic amines) is 1. The van der Waals surface area contributed by atoms with Crippen LogP contribution in [0.15, 0.2) is 30.5 Å². The van der Waals surface area contributed by atoms with Gasteiger partial charge in [-0.3, -0.25) is 0 Å². The van der Waals surface area contributed by atoms with Crippen molar-refractivity contribution in [1.29, 1.82) is 0 Å². The van der Waals surface area contributed by atoms with Crippen molar-refractivity contribution in [2.24, 2.45) is 11.8 Å². The maximum Gasteiger partial charge on any atom is 0.320 e. The fourth-order valence-electron chi connectivity index (χ4n) is 4.45. The Morgan fingerprint density at radius 2 is 2.00 bits per heavy atom. The highest BCUT2D eigenvalue weighted by atomic mass is 19.1. The summed E-state index contributed by atoms with van der Waals surface area (Å²) in [6, 6.07) is 6.46. The van der Waals surface area contributed by atoms with Crippen LogP contribution in [0.2, 0.25) is 0 Å². The summed E-state index contributed by atoms with van der Waals surface area (Å²) in [5, 5.41) is 0. The molecule has 0 spiro atoms. The van der Waals surface area contributed by atoms with Crippen molar-refractivity contribution in [2.45, 2.75) is 19.9 Å². The van der Waals surface area contributed by atoms with E-state index in [2.05, 4.69) is 14.9 Å². The number of rotatable bonds is 2. The number of hydrogen-bond donors (Lipinski definition) is 0. The van der Waals surface area contributed by atoms with Crippen molar-refractivity contribution in [3.63, 3.8) is 0 Å². The molecule has 1 aromatic heterocycles. The number of nitrogens with zero attached hydrogens (tertiary/aromatic N) is 5. The monoisotopic (exact) mass is 383 g/mol. The molecule has 3 atom stereocenters. The van der Waals surface area contributed by atoms with E-state index in [1.54, 1.807) is 31.1 Å². The minimum Gasteiger partial charge on any atom is -0.340 e. The molecule has 2 aliphatic heterocycles. The Bertz CT molecular complexity index is 902. The van der Waals surface area contributed by atoms with Crippen LogP contribution in [-0.4, -0.2) is 59.5 Å². The molecule has 0 saturated carbocycles. The Morgan fingerprint density at radius 1 is 1.21 bits per heavy atom. The van der Waals surface area contributed by atoms with Gasteiger partial charge in [0.25, 0.3) is 0 Å². The van der Waals surface area contributed by atoms with Crippen LogP contribution < -0.4 is 4.90 Å². The van der Waals surface area contributed by atoms with Crippen molar-refractivity contribution in [2.75, 3.05) is 38.6 Å². The van der Waals surface area contributed by atoms with E-state index < -0.39 is 0 Å². The number of aromatic nitrogens is 2. The van der Waals surface area contributed by atoms with E-state index in [-0.39, 0.29) is 23.8 Å². The van der Waals surface area contributed by atoms with Crippen molar-refractivity contribution in [1.82, 2.24) is 19.8 Å². The second kappa shape index (κ2) is 7.04. The summed E-state index contributed by atoms with van der Waals surface area (Å²) in [6.07, 6.45) is 1.86. The van der Waals surface area contributed by atoms with Crippen LogP contribution in [0.1, 0.15) is 22.9 Å². The normalized spacial score (nSPS) is 23.8. The van der Waals surface area contributed by atoms with Crippen molar-refractivity contribution < 1.29 is 9.18 Å². The van der Waals surface area contributed by atoms with Gasteiger partial charge in [-0.25, -0.2) is 19.2 Å². The molecular formula is C21H26FN5O. The van der Waals surface area contributed by atoms with Crippen molar-refractivity contribution in [3.05, 3.63) is 53.1 Å². The van der Waals surface area contributed by atoms with Gasteiger partial charge in [-0.05, 0) is 37.1 Å². The topological polar surface area (TPSA) is 52.6 Å². The first-order valence-electron chi connectivity index (χ1n) is 9.63. The Labute approximate surface area is 165 Å². The molecular weight excluding hydrogens is 357 g/mol. The van der Waals surface area contributed by atoms with E-state index in [1.165, 1.54) is 6.07 Å². The van der Waals surface area contributed by atoms with Crippen LogP contribution in [0.5, 0.6) is 0 Å². The summed E-state index contributed by atoms with van der Waals surface area (Å²) >= 11 is 0. The predicted octanol–water partition coefficient (Wildman–Crippen LogP) is 3.02. The number of fused-ring (bicyclic) bond motifs is 1. The van der Waals surface area contributed by atoms with Gasteiger partial charge in [-0.15, -0.1) is 0 Å². The second-order valence-electron chi connectivity index (χ2n) is 8.10. The fraction of sp³-hybridized carbons (Fsp3) is 0.476. The molecule has 6 nitrogen and oxygen atoms in total. The predicted molar refractivity (Wildman–Crippen MR) is 106 cm³/mol. The third kappa shape index (κ3) is 3.19. The fourth-order valence-corrected chi connectivity index (χ4v) is 4.45. The molecule has 3 heterocycles. The van der Waals surface area contributed by atoms with Gasteiger partial charge < -0.3 is 14.7 Å². The number of carbonyl (C=O) groups excluding carboxylic acids is 1. The third-order valence-electron chi connectivity index (χ3n) is 5.98. The molecule has 2 amide bonds. The number of amides is 2. The molecule has 0 radical (unpaired) electrons. The third-order valence-corrected chi connectivity index (χ3v) is 5.98. The number of benzene rings is 1. The van der Waals surface area contributed by atoms with Crippen LogP contribution in [0, 0.1) is 31.5 Å². The first-order chi connectivity index (χ1) is 13.3. The van der Waals surface area contributed by atoms with Crippen LogP contribution in [-0.2, 0) is 0 Å². The second-order valence-corrected chi connectivity index (χ2v) is 8.10. The molecule has 2 fully saturated rings. The summed E-state index contributed by atoms with van der Waals surface area (Å²) in [4.78, 5) is 27.6. The lowest BCUT2D eigenvalue weighted by atomic mass is 9.89. The Balaban J connectivity index is 1.65. The molecule has 2 aliphatic rings. The molecule has 0 aliphatic carbocycles. The van der Waals surface area contributed by atoms with Crippen molar-refractivity contribution in [3.8, 4) is 0 Å². The summed E-state index contributed by atoms with van der Waals surface area (Å²) in [5.74, 6) is 0.991. The molecule has 2 saturated heterocycles. The average molecular weight is 383 g/mol. The molecule has 0 unspecified atom stereocenters.